The second-order valence-corrected chi connectivity index (χ2v) is 10.0. The van der Waals surface area contributed by atoms with Gasteiger partial charge in [-0.25, -0.2) is 0 Å². The van der Waals surface area contributed by atoms with E-state index >= 15 is 0 Å². The van der Waals surface area contributed by atoms with Crippen LogP contribution in [-0.2, 0) is 23.9 Å². The molecule has 186 valence electrons. The molecule has 0 aromatic rings. The fourth-order valence-corrected chi connectivity index (χ4v) is 6.24. The van der Waals surface area contributed by atoms with E-state index in [-0.39, 0.29) is 24.3 Å². The van der Waals surface area contributed by atoms with Gasteiger partial charge in [-0.2, -0.15) is 0 Å². The summed E-state index contributed by atoms with van der Waals surface area (Å²) in [5.41, 5.74) is -1.83. The molecule has 2 unspecified atom stereocenters. The first-order valence-electron chi connectivity index (χ1n) is 12.3. The number of fused-ring (bicyclic) bond motifs is 1. The summed E-state index contributed by atoms with van der Waals surface area (Å²) in [6, 6.07) is -1.42. The summed E-state index contributed by atoms with van der Waals surface area (Å²) in [7, 11) is 0. The molecule has 4 fully saturated rings. The summed E-state index contributed by atoms with van der Waals surface area (Å²) >= 11 is 0. The number of carbonyl (C=O) groups is 3. The monoisotopic (exact) mass is 466 g/mol. The maximum Gasteiger partial charge on any atom is 0.245 e. The minimum Gasteiger partial charge on any atom is -0.394 e. The molecule has 2 bridgehead atoms. The number of nitrogens with one attached hydrogen (secondary N) is 2. The molecule has 4 heterocycles. The molecule has 4 aliphatic rings. The minimum atomic E-state index is -1.05. The maximum absolute atomic E-state index is 13.7. The highest BCUT2D eigenvalue weighted by Crippen LogP contribution is 2.63. The number of rotatable bonds is 9. The van der Waals surface area contributed by atoms with Gasteiger partial charge in [-0.15, -0.1) is 0 Å². The molecule has 3 amide bonds. The van der Waals surface area contributed by atoms with Crippen LogP contribution in [0.3, 0.4) is 0 Å². The van der Waals surface area contributed by atoms with Crippen molar-refractivity contribution in [3.8, 4) is 0 Å². The topological polar surface area (TPSA) is 120 Å². The number of ether oxygens (including phenoxy) is 2. The predicted molar refractivity (Wildman–Crippen MR) is 119 cm³/mol. The van der Waals surface area contributed by atoms with Crippen LogP contribution in [0.25, 0.3) is 0 Å². The summed E-state index contributed by atoms with van der Waals surface area (Å²) in [4.78, 5) is 44.0. The largest absolute Gasteiger partial charge is 0.394 e. The normalized spacial score (nSPS) is 36.7. The maximum atomic E-state index is 13.7. The van der Waals surface area contributed by atoms with Gasteiger partial charge in [0.15, 0.2) is 0 Å². The van der Waals surface area contributed by atoms with Crippen LogP contribution in [0.4, 0.5) is 0 Å². The molecule has 1 spiro atoms. The molecule has 4 aliphatic heterocycles. The van der Waals surface area contributed by atoms with E-state index in [4.69, 9.17) is 9.47 Å². The van der Waals surface area contributed by atoms with Crippen molar-refractivity contribution in [3.05, 3.63) is 0 Å². The van der Waals surface area contributed by atoms with Crippen LogP contribution < -0.4 is 10.6 Å². The van der Waals surface area contributed by atoms with Gasteiger partial charge in [0.1, 0.15) is 11.6 Å². The van der Waals surface area contributed by atoms with E-state index in [9.17, 15) is 19.5 Å². The Kier molecular flexibility index (Phi) is 7.00. The Bertz CT molecular complexity index is 774. The number of likely N-dealkylation sites (tertiary alicyclic amines) is 1. The zero-order chi connectivity index (χ0) is 23.8. The lowest BCUT2D eigenvalue weighted by molar-refractivity contribution is -0.149. The average molecular weight is 467 g/mol. The Morgan fingerprint density at radius 1 is 1.18 bits per heavy atom. The predicted octanol–water partition coefficient (Wildman–Crippen LogP) is -0.893. The van der Waals surface area contributed by atoms with Crippen LogP contribution in [0.2, 0.25) is 0 Å². The Morgan fingerprint density at radius 2 is 1.88 bits per heavy atom. The summed E-state index contributed by atoms with van der Waals surface area (Å²) < 4.78 is 11.9. The number of carbonyl (C=O) groups excluding carboxylic acids is 3. The van der Waals surface area contributed by atoms with E-state index < -0.39 is 35.1 Å². The van der Waals surface area contributed by atoms with Crippen molar-refractivity contribution in [2.45, 2.75) is 63.3 Å². The Hall–Kier alpha value is -1.75. The highest BCUT2D eigenvalue weighted by molar-refractivity contribution is 5.99. The summed E-state index contributed by atoms with van der Waals surface area (Å²) in [6.07, 6.45) is 1.94. The van der Waals surface area contributed by atoms with Gasteiger partial charge >= 0.3 is 0 Å². The van der Waals surface area contributed by atoms with Crippen LogP contribution in [0, 0.1) is 11.8 Å². The Balaban J connectivity index is 1.57. The van der Waals surface area contributed by atoms with E-state index in [1.165, 1.54) is 4.90 Å². The third kappa shape index (κ3) is 4.05. The van der Waals surface area contributed by atoms with E-state index in [1.807, 2.05) is 13.8 Å². The van der Waals surface area contributed by atoms with Gasteiger partial charge < -0.3 is 30.1 Å². The van der Waals surface area contributed by atoms with Crippen molar-refractivity contribution in [3.63, 3.8) is 0 Å². The first-order valence-corrected chi connectivity index (χ1v) is 12.3. The van der Waals surface area contributed by atoms with Crippen molar-refractivity contribution < 1.29 is 29.0 Å². The van der Waals surface area contributed by atoms with Crippen LogP contribution >= 0.6 is 0 Å². The first-order chi connectivity index (χ1) is 15.8. The second-order valence-electron chi connectivity index (χ2n) is 10.0. The quantitative estimate of drug-likeness (QED) is 0.403. The fourth-order valence-electron chi connectivity index (χ4n) is 6.24. The number of hydrogen-bond acceptors (Lipinski definition) is 7. The zero-order valence-corrected chi connectivity index (χ0v) is 20.0. The third-order valence-corrected chi connectivity index (χ3v) is 7.86. The fraction of sp³-hybridized carbons (Fsp3) is 0.870. The first kappa shape index (κ1) is 24.4. The van der Waals surface area contributed by atoms with Crippen molar-refractivity contribution in [1.29, 1.82) is 0 Å². The molecule has 0 radical (unpaired) electrons. The zero-order valence-electron chi connectivity index (χ0n) is 20.0. The number of aliphatic hydroxyl groups excluding tert-OH is 1. The smallest absolute Gasteiger partial charge is 0.245 e. The lowest BCUT2D eigenvalue weighted by Gasteiger charge is -2.36. The van der Waals surface area contributed by atoms with Gasteiger partial charge in [0, 0.05) is 32.7 Å². The van der Waals surface area contributed by atoms with E-state index in [1.54, 1.807) is 6.92 Å². The van der Waals surface area contributed by atoms with E-state index in [0.717, 1.165) is 19.5 Å². The number of hydrogen-bond donors (Lipinski definition) is 3. The highest BCUT2D eigenvalue weighted by atomic mass is 16.5. The SMILES string of the molecule is CCCNC(=O)[C@@H]1[C@H]2C(=O)N([C@H](C)CO)C(C(=O)NCCN3CCOCC3)C23CC[C@@]1(C)O3. The van der Waals surface area contributed by atoms with Gasteiger partial charge in [0.25, 0.3) is 0 Å². The molecule has 0 saturated carbocycles. The highest BCUT2D eigenvalue weighted by Gasteiger charge is 2.78. The minimum absolute atomic E-state index is 0.191. The van der Waals surface area contributed by atoms with Crippen molar-refractivity contribution >= 4 is 17.7 Å². The molecule has 33 heavy (non-hydrogen) atoms. The van der Waals surface area contributed by atoms with Gasteiger partial charge in [-0.3, -0.25) is 19.3 Å². The van der Waals surface area contributed by atoms with Crippen molar-refractivity contribution in [2.24, 2.45) is 11.8 Å². The van der Waals surface area contributed by atoms with Crippen LogP contribution in [0.5, 0.6) is 0 Å². The van der Waals surface area contributed by atoms with Crippen molar-refractivity contribution in [2.75, 3.05) is 52.5 Å². The molecule has 10 heteroatoms. The van der Waals surface area contributed by atoms with Gasteiger partial charge in [0.05, 0.1) is 43.3 Å². The van der Waals surface area contributed by atoms with Gasteiger partial charge in [-0.05, 0) is 33.1 Å². The number of aliphatic hydroxyl groups is 1. The molecule has 0 aliphatic carbocycles. The summed E-state index contributed by atoms with van der Waals surface area (Å²) in [5, 5.41) is 15.8. The number of morpholine rings is 1. The molecule has 3 N–H and O–H groups in total. The second kappa shape index (κ2) is 9.48. The molecule has 6 atom stereocenters. The average Bonchev–Trinajstić information content (AvgIpc) is 3.38. The van der Waals surface area contributed by atoms with Crippen LogP contribution in [-0.4, -0.2) is 108 Å². The lowest BCUT2D eigenvalue weighted by atomic mass is 9.66. The van der Waals surface area contributed by atoms with Crippen molar-refractivity contribution in [1.82, 2.24) is 20.4 Å². The molecule has 0 aromatic heterocycles. The van der Waals surface area contributed by atoms with Crippen LogP contribution in [0.15, 0.2) is 0 Å². The molecule has 4 rings (SSSR count). The number of nitrogens with zero attached hydrogens (tertiary/aromatic N) is 2. The molecule has 10 nitrogen and oxygen atoms in total. The molecule has 4 saturated heterocycles. The standard InChI is InChI=1S/C23H38N4O6/c1-4-7-24-19(29)16-17-21(31)27(15(2)14-28)18(23(17)6-5-22(16,3)33-23)20(30)25-8-9-26-10-12-32-13-11-26/h15-18,28H,4-14H2,1-3H3,(H,24,29)(H,25,30)/t15-,16+,17+,18?,22-,23?/m1/s1. The summed E-state index contributed by atoms with van der Waals surface area (Å²) in [5.74, 6) is -2.12. The lowest BCUT2D eigenvalue weighted by Crippen LogP contribution is -2.58. The molecule has 0 aromatic carbocycles. The Morgan fingerprint density at radius 3 is 2.55 bits per heavy atom. The summed E-state index contributed by atoms with van der Waals surface area (Å²) in [6.45, 7) is 10.0. The van der Waals surface area contributed by atoms with Crippen LogP contribution in [0.1, 0.15) is 40.0 Å². The third-order valence-electron chi connectivity index (χ3n) is 7.86. The molecular weight excluding hydrogens is 428 g/mol. The van der Waals surface area contributed by atoms with Gasteiger partial charge in [0.2, 0.25) is 17.7 Å². The van der Waals surface area contributed by atoms with E-state index in [0.29, 0.717) is 45.7 Å². The molecular formula is C23H38N4O6. The number of amides is 3. The van der Waals surface area contributed by atoms with E-state index in [2.05, 4.69) is 15.5 Å². The van der Waals surface area contributed by atoms with Gasteiger partial charge in [-0.1, -0.05) is 6.92 Å². The Labute approximate surface area is 195 Å².